The van der Waals surface area contributed by atoms with Crippen molar-refractivity contribution in [3.63, 3.8) is 0 Å². The van der Waals surface area contributed by atoms with Crippen LogP contribution in [0.5, 0.6) is 0 Å². The molecule has 0 saturated heterocycles. The summed E-state index contributed by atoms with van der Waals surface area (Å²) in [5.41, 5.74) is -0.376. The third-order valence-electron chi connectivity index (χ3n) is 2.54. The van der Waals surface area contributed by atoms with E-state index >= 15 is 0 Å². The minimum Gasteiger partial charge on any atom is -0.443 e. The van der Waals surface area contributed by atoms with Gasteiger partial charge >= 0.3 is 6.09 Å². The van der Waals surface area contributed by atoms with Crippen molar-refractivity contribution in [1.29, 1.82) is 0 Å². The molecule has 0 aromatic heterocycles. The van der Waals surface area contributed by atoms with E-state index in [1.165, 1.54) is 0 Å². The molecule has 0 aromatic carbocycles. The van der Waals surface area contributed by atoms with Gasteiger partial charge in [-0.05, 0) is 48.0 Å². The highest BCUT2D eigenvalue weighted by atomic mass is 16.6. The number of ether oxygens (including phenoxy) is 1. The van der Waals surface area contributed by atoms with E-state index in [4.69, 9.17) is 4.74 Å². The maximum Gasteiger partial charge on any atom is 0.410 e. The summed E-state index contributed by atoms with van der Waals surface area (Å²) in [6, 6.07) is 0.343. The second kappa shape index (κ2) is 5.38. The van der Waals surface area contributed by atoms with Crippen LogP contribution in [-0.4, -0.2) is 28.7 Å². The van der Waals surface area contributed by atoms with E-state index in [9.17, 15) is 4.79 Å². The maximum atomic E-state index is 11.9. The summed E-state index contributed by atoms with van der Waals surface area (Å²) in [5, 5.41) is 0. The normalized spacial score (nSPS) is 12.1. The number of carbonyl (C=O) groups excluding carboxylic acids is 1. The van der Waals surface area contributed by atoms with Crippen molar-refractivity contribution in [2.75, 3.05) is 0 Å². The van der Waals surface area contributed by atoms with E-state index in [-0.39, 0.29) is 23.8 Å². The van der Waals surface area contributed by atoms with Crippen molar-refractivity contribution in [3.8, 4) is 0 Å². The van der Waals surface area contributed by atoms with Gasteiger partial charge in [-0.3, -0.25) is 0 Å². The molecule has 3 nitrogen and oxygen atoms in total. The summed E-state index contributed by atoms with van der Waals surface area (Å²) >= 11 is 0. The summed E-state index contributed by atoms with van der Waals surface area (Å²) in [6.45, 7) is 13.9. The van der Waals surface area contributed by atoms with Crippen molar-refractivity contribution >= 4 is 6.09 Å². The van der Waals surface area contributed by atoms with Crippen LogP contribution in [0.3, 0.4) is 0 Å². The van der Waals surface area contributed by atoms with E-state index in [1.54, 1.807) is 4.90 Å². The van der Waals surface area contributed by atoms with Gasteiger partial charge in [-0.25, -0.2) is 4.79 Å². The highest BCUT2D eigenvalue weighted by molar-refractivity contribution is 5.68. The van der Waals surface area contributed by atoms with E-state index in [0.29, 0.717) is 0 Å². The lowest BCUT2D eigenvalue weighted by atomic mass is 10.1. The predicted molar refractivity (Wildman–Crippen MR) is 63.0 cm³/mol. The Morgan fingerprint density at radius 2 is 1.60 bits per heavy atom. The van der Waals surface area contributed by atoms with Gasteiger partial charge in [0.15, 0.2) is 0 Å². The summed E-state index contributed by atoms with van der Waals surface area (Å²) in [5.74, 6) is 0. The summed E-state index contributed by atoms with van der Waals surface area (Å²) in [4.78, 5) is 13.7. The molecule has 0 rings (SSSR count). The molecule has 0 fully saturated rings. The second-order valence-corrected chi connectivity index (χ2v) is 5.08. The van der Waals surface area contributed by atoms with Crippen LogP contribution in [0.25, 0.3) is 0 Å². The third-order valence-corrected chi connectivity index (χ3v) is 2.54. The number of hydrogen-bond donors (Lipinski definition) is 0. The lowest BCUT2D eigenvalue weighted by Gasteiger charge is -2.33. The fourth-order valence-electron chi connectivity index (χ4n) is 1.38. The number of hydrogen-bond acceptors (Lipinski definition) is 2. The molecule has 0 radical (unpaired) electrons. The van der Waals surface area contributed by atoms with Crippen LogP contribution >= 0.6 is 0 Å². The van der Waals surface area contributed by atoms with Gasteiger partial charge in [0.1, 0.15) is 5.60 Å². The lowest BCUT2D eigenvalue weighted by Crippen LogP contribution is -2.45. The largest absolute Gasteiger partial charge is 0.443 e. The average Bonchev–Trinajstić information content (AvgIpc) is 2.01. The van der Waals surface area contributed by atoms with Crippen molar-refractivity contribution in [1.82, 2.24) is 4.90 Å². The Balaban J connectivity index is 4.53. The molecular formula is C12H25NO2. The van der Waals surface area contributed by atoms with E-state index in [1.807, 2.05) is 48.5 Å². The van der Waals surface area contributed by atoms with Crippen LogP contribution in [0, 0.1) is 0 Å². The Morgan fingerprint density at radius 1 is 1.20 bits per heavy atom. The SMILES string of the molecule is CCC(C)(C)OC(=O)N(C(C)C)C(C)C. The molecule has 15 heavy (non-hydrogen) atoms. The predicted octanol–water partition coefficient (Wildman–Crippen LogP) is 3.43. The maximum absolute atomic E-state index is 11.9. The molecule has 3 heteroatoms. The average molecular weight is 215 g/mol. The molecule has 0 N–H and O–H groups in total. The molecule has 0 unspecified atom stereocenters. The van der Waals surface area contributed by atoms with Gasteiger partial charge in [0.25, 0.3) is 0 Å². The van der Waals surface area contributed by atoms with Gasteiger partial charge < -0.3 is 9.64 Å². The molecule has 0 atom stereocenters. The van der Waals surface area contributed by atoms with Crippen LogP contribution in [0.15, 0.2) is 0 Å². The van der Waals surface area contributed by atoms with Crippen molar-refractivity contribution in [2.24, 2.45) is 0 Å². The van der Waals surface area contributed by atoms with Gasteiger partial charge in [0.2, 0.25) is 0 Å². The van der Waals surface area contributed by atoms with E-state index in [2.05, 4.69) is 0 Å². The summed E-state index contributed by atoms with van der Waals surface area (Å²) in [6.07, 6.45) is 0.606. The molecule has 0 aliphatic rings. The topological polar surface area (TPSA) is 29.5 Å². The highest BCUT2D eigenvalue weighted by Crippen LogP contribution is 2.17. The molecule has 90 valence electrons. The monoisotopic (exact) mass is 215 g/mol. The molecule has 0 spiro atoms. The zero-order chi connectivity index (χ0) is 12.2. The number of carbonyl (C=O) groups is 1. The molecule has 0 aromatic rings. The first-order chi connectivity index (χ1) is 6.71. The summed E-state index contributed by atoms with van der Waals surface area (Å²) < 4.78 is 5.46. The van der Waals surface area contributed by atoms with E-state index < -0.39 is 0 Å². The second-order valence-electron chi connectivity index (χ2n) is 5.08. The van der Waals surface area contributed by atoms with E-state index in [0.717, 1.165) is 6.42 Å². The Morgan fingerprint density at radius 3 is 1.87 bits per heavy atom. The highest BCUT2D eigenvalue weighted by Gasteiger charge is 2.27. The first-order valence-corrected chi connectivity index (χ1v) is 5.72. The van der Waals surface area contributed by atoms with Gasteiger partial charge in [-0.15, -0.1) is 0 Å². The Bertz CT molecular complexity index is 202. The fourth-order valence-corrected chi connectivity index (χ4v) is 1.38. The van der Waals surface area contributed by atoms with Crippen molar-refractivity contribution in [3.05, 3.63) is 0 Å². The number of rotatable bonds is 4. The first kappa shape index (κ1) is 14.3. The molecule has 0 aliphatic carbocycles. The van der Waals surface area contributed by atoms with Crippen LogP contribution in [0.2, 0.25) is 0 Å². The molecule has 0 saturated carbocycles. The molecular weight excluding hydrogens is 190 g/mol. The zero-order valence-corrected chi connectivity index (χ0v) is 11.1. The Kier molecular flexibility index (Phi) is 5.12. The van der Waals surface area contributed by atoms with Crippen LogP contribution in [0.4, 0.5) is 4.79 Å². The van der Waals surface area contributed by atoms with Gasteiger partial charge in [-0.1, -0.05) is 6.92 Å². The van der Waals surface area contributed by atoms with Crippen LogP contribution in [0.1, 0.15) is 54.9 Å². The van der Waals surface area contributed by atoms with Crippen molar-refractivity contribution < 1.29 is 9.53 Å². The standard InChI is InChI=1S/C12H25NO2/c1-8-12(6,7)15-11(14)13(9(2)3)10(4)5/h9-10H,8H2,1-7H3. The van der Waals surface area contributed by atoms with Gasteiger partial charge in [0.05, 0.1) is 0 Å². The minimum atomic E-state index is -0.376. The zero-order valence-electron chi connectivity index (χ0n) is 11.1. The van der Waals surface area contributed by atoms with Gasteiger partial charge in [-0.2, -0.15) is 0 Å². The summed E-state index contributed by atoms with van der Waals surface area (Å²) in [7, 11) is 0. The number of amides is 1. The third kappa shape index (κ3) is 4.54. The van der Waals surface area contributed by atoms with Crippen LogP contribution < -0.4 is 0 Å². The smallest absolute Gasteiger partial charge is 0.410 e. The Hall–Kier alpha value is -0.730. The quantitative estimate of drug-likeness (QED) is 0.719. The fraction of sp³-hybridized carbons (Fsp3) is 0.917. The minimum absolute atomic E-state index is 0.171. The van der Waals surface area contributed by atoms with Crippen LogP contribution in [-0.2, 0) is 4.74 Å². The molecule has 0 heterocycles. The number of nitrogens with zero attached hydrogens (tertiary/aromatic N) is 1. The molecule has 1 amide bonds. The Labute approximate surface area is 93.8 Å². The lowest BCUT2D eigenvalue weighted by molar-refractivity contribution is 0.000104. The molecule has 0 aliphatic heterocycles. The first-order valence-electron chi connectivity index (χ1n) is 5.72. The van der Waals surface area contributed by atoms with Crippen molar-refractivity contribution in [2.45, 2.75) is 72.6 Å². The molecule has 0 bridgehead atoms. The van der Waals surface area contributed by atoms with Gasteiger partial charge in [0, 0.05) is 12.1 Å².